The first kappa shape index (κ1) is 13.6. The maximum atomic E-state index is 9.58. The third-order valence-corrected chi connectivity index (χ3v) is 4.11. The number of imidazole rings is 1. The number of aromatic nitrogens is 4. The number of fused-ring (bicyclic) bond motifs is 2. The van der Waals surface area contributed by atoms with Crippen LogP contribution in [0.2, 0.25) is 0 Å². The Morgan fingerprint density at radius 2 is 2.14 bits per heavy atom. The highest BCUT2D eigenvalue weighted by molar-refractivity contribution is 5.81. The highest BCUT2D eigenvalue weighted by Crippen LogP contribution is 2.43. The summed E-state index contributed by atoms with van der Waals surface area (Å²) in [6, 6.07) is -0.159. The number of ether oxygens (including phenoxy) is 2. The minimum atomic E-state index is -0.688. The van der Waals surface area contributed by atoms with E-state index in [1.54, 1.807) is 6.33 Å². The van der Waals surface area contributed by atoms with E-state index in [2.05, 4.69) is 15.0 Å². The van der Waals surface area contributed by atoms with Gasteiger partial charge in [0, 0.05) is 0 Å². The van der Waals surface area contributed by atoms with Gasteiger partial charge in [-0.3, -0.25) is 0 Å². The van der Waals surface area contributed by atoms with Gasteiger partial charge in [-0.15, -0.1) is 0 Å². The quantitative estimate of drug-likeness (QED) is 0.773. The molecular weight excluding hydrogens is 286 g/mol. The van der Waals surface area contributed by atoms with Crippen LogP contribution in [0.15, 0.2) is 24.3 Å². The number of anilines is 1. The number of nitrogen functional groups attached to an aromatic ring is 1. The molecule has 3 atom stereocenters. The minimum Gasteiger partial charge on any atom is -0.392 e. The first-order valence-electron chi connectivity index (χ1n) is 7.10. The topological polar surface area (TPSA) is 108 Å². The van der Waals surface area contributed by atoms with E-state index in [-0.39, 0.29) is 24.9 Å². The van der Waals surface area contributed by atoms with Gasteiger partial charge in [0.25, 0.3) is 0 Å². The fourth-order valence-corrected chi connectivity index (χ4v) is 3.20. The van der Waals surface area contributed by atoms with Crippen molar-refractivity contribution < 1.29 is 14.6 Å². The molecule has 0 saturated carbocycles. The number of aliphatic hydroxyl groups is 1. The maximum absolute atomic E-state index is 9.58. The van der Waals surface area contributed by atoms with Crippen molar-refractivity contribution in [3.05, 3.63) is 24.3 Å². The van der Waals surface area contributed by atoms with Gasteiger partial charge in [0.05, 0.1) is 19.0 Å². The lowest BCUT2D eigenvalue weighted by Crippen LogP contribution is -2.28. The summed E-state index contributed by atoms with van der Waals surface area (Å²) < 4.78 is 13.8. The lowest BCUT2D eigenvalue weighted by molar-refractivity contribution is -0.148. The molecule has 0 bridgehead atoms. The van der Waals surface area contributed by atoms with Crippen LogP contribution in [-0.2, 0) is 9.47 Å². The number of aliphatic hydroxyl groups excluding tert-OH is 1. The highest BCUT2D eigenvalue weighted by Gasteiger charge is 2.50. The summed E-state index contributed by atoms with van der Waals surface area (Å²) in [4.78, 5) is 12.5. The van der Waals surface area contributed by atoms with Crippen LogP contribution in [0.25, 0.3) is 11.2 Å². The molecule has 3 N–H and O–H groups in total. The standard InChI is InChI=1S/C14H17N5O3/c1-14(2)21-10-7(4-20)3-8(11(10)22-14)19-6-18-9-12(15)16-5-17-13(9)19/h3,5-6,8,10-11,20H,4H2,1-2H3,(H2,15,16,17). The number of hydrogen-bond acceptors (Lipinski definition) is 7. The molecule has 2 aromatic heterocycles. The monoisotopic (exact) mass is 303 g/mol. The zero-order valence-corrected chi connectivity index (χ0v) is 12.3. The van der Waals surface area contributed by atoms with Crippen molar-refractivity contribution in [2.24, 2.45) is 0 Å². The van der Waals surface area contributed by atoms with Crippen molar-refractivity contribution in [1.82, 2.24) is 19.5 Å². The number of nitrogens with zero attached hydrogens (tertiary/aromatic N) is 4. The summed E-state index contributed by atoms with van der Waals surface area (Å²) in [5, 5.41) is 9.58. The van der Waals surface area contributed by atoms with E-state index in [1.807, 2.05) is 24.5 Å². The van der Waals surface area contributed by atoms with Crippen LogP contribution in [0.1, 0.15) is 19.9 Å². The van der Waals surface area contributed by atoms with Crippen LogP contribution in [0, 0.1) is 0 Å². The van der Waals surface area contributed by atoms with Gasteiger partial charge in [-0.2, -0.15) is 0 Å². The summed E-state index contributed by atoms with van der Waals surface area (Å²) in [6.45, 7) is 3.66. The molecule has 0 aromatic carbocycles. The van der Waals surface area contributed by atoms with Crippen molar-refractivity contribution in [2.75, 3.05) is 12.3 Å². The second-order valence-corrected chi connectivity index (χ2v) is 5.99. The Balaban J connectivity index is 1.81. The van der Waals surface area contributed by atoms with Crippen molar-refractivity contribution in [1.29, 1.82) is 0 Å². The predicted octanol–water partition coefficient (Wildman–Crippen LogP) is 0.402. The molecule has 1 aliphatic carbocycles. The molecule has 3 unspecified atom stereocenters. The summed E-state index contributed by atoms with van der Waals surface area (Å²) in [7, 11) is 0. The third-order valence-electron chi connectivity index (χ3n) is 4.11. The van der Waals surface area contributed by atoms with E-state index >= 15 is 0 Å². The highest BCUT2D eigenvalue weighted by atomic mass is 16.8. The average Bonchev–Trinajstić information content (AvgIpc) is 3.10. The van der Waals surface area contributed by atoms with Crippen LogP contribution in [0.3, 0.4) is 0 Å². The third kappa shape index (κ3) is 1.84. The van der Waals surface area contributed by atoms with Gasteiger partial charge < -0.3 is 24.9 Å². The Kier molecular flexibility index (Phi) is 2.77. The van der Waals surface area contributed by atoms with E-state index < -0.39 is 5.79 Å². The predicted molar refractivity (Wildman–Crippen MR) is 77.8 cm³/mol. The lowest BCUT2D eigenvalue weighted by atomic mass is 10.1. The Hall–Kier alpha value is -2.03. The van der Waals surface area contributed by atoms with Gasteiger partial charge in [0.1, 0.15) is 24.1 Å². The zero-order valence-electron chi connectivity index (χ0n) is 12.3. The van der Waals surface area contributed by atoms with Crippen molar-refractivity contribution in [3.8, 4) is 0 Å². The molecule has 0 radical (unpaired) electrons. The normalized spacial score (nSPS) is 29.8. The molecule has 3 heterocycles. The molecule has 8 heteroatoms. The van der Waals surface area contributed by atoms with Crippen molar-refractivity contribution in [3.63, 3.8) is 0 Å². The van der Waals surface area contributed by atoms with Gasteiger partial charge in [-0.05, 0) is 19.4 Å². The van der Waals surface area contributed by atoms with Gasteiger partial charge in [0.2, 0.25) is 0 Å². The van der Waals surface area contributed by atoms with Gasteiger partial charge in [0.15, 0.2) is 17.3 Å². The van der Waals surface area contributed by atoms with E-state index in [0.717, 1.165) is 5.57 Å². The fraction of sp³-hybridized carbons (Fsp3) is 0.500. The Morgan fingerprint density at radius 1 is 1.32 bits per heavy atom. The summed E-state index contributed by atoms with van der Waals surface area (Å²) in [6.07, 6.45) is 4.54. The van der Waals surface area contributed by atoms with Gasteiger partial charge >= 0.3 is 0 Å². The average molecular weight is 303 g/mol. The molecule has 1 saturated heterocycles. The molecule has 22 heavy (non-hydrogen) atoms. The first-order valence-corrected chi connectivity index (χ1v) is 7.10. The molecule has 0 amide bonds. The second kappa shape index (κ2) is 4.48. The molecule has 1 fully saturated rings. The number of hydrogen-bond donors (Lipinski definition) is 2. The van der Waals surface area contributed by atoms with Crippen LogP contribution in [-0.4, -0.2) is 49.2 Å². The zero-order chi connectivity index (χ0) is 15.5. The largest absolute Gasteiger partial charge is 0.392 e. The molecule has 2 aromatic rings. The Morgan fingerprint density at radius 3 is 2.91 bits per heavy atom. The van der Waals surface area contributed by atoms with Gasteiger partial charge in [-0.1, -0.05) is 6.08 Å². The molecule has 4 rings (SSSR count). The molecule has 2 aliphatic rings. The van der Waals surface area contributed by atoms with Crippen LogP contribution < -0.4 is 5.73 Å². The minimum absolute atomic E-state index is 0.0686. The lowest BCUT2D eigenvalue weighted by Gasteiger charge is -2.21. The van der Waals surface area contributed by atoms with E-state index in [1.165, 1.54) is 6.33 Å². The van der Waals surface area contributed by atoms with Crippen molar-refractivity contribution >= 4 is 17.0 Å². The Bertz CT molecular complexity index is 769. The molecule has 8 nitrogen and oxygen atoms in total. The van der Waals surface area contributed by atoms with Crippen LogP contribution >= 0.6 is 0 Å². The second-order valence-electron chi connectivity index (χ2n) is 5.99. The van der Waals surface area contributed by atoms with E-state index in [0.29, 0.717) is 17.0 Å². The maximum Gasteiger partial charge on any atom is 0.166 e. The summed E-state index contributed by atoms with van der Waals surface area (Å²) in [5.41, 5.74) is 7.84. The number of nitrogens with two attached hydrogens (primary N) is 1. The van der Waals surface area contributed by atoms with Crippen LogP contribution in [0.5, 0.6) is 0 Å². The SMILES string of the molecule is CC1(C)OC2C(CO)=CC(n3cnc4c(N)ncnc43)C2O1. The summed E-state index contributed by atoms with van der Waals surface area (Å²) in [5.74, 6) is -0.347. The van der Waals surface area contributed by atoms with Gasteiger partial charge in [-0.25, -0.2) is 15.0 Å². The molecule has 0 spiro atoms. The van der Waals surface area contributed by atoms with E-state index in [9.17, 15) is 5.11 Å². The first-order chi connectivity index (χ1) is 10.5. The smallest absolute Gasteiger partial charge is 0.166 e. The number of rotatable bonds is 2. The molecule has 116 valence electrons. The van der Waals surface area contributed by atoms with E-state index in [4.69, 9.17) is 15.2 Å². The Labute approximate surface area is 126 Å². The van der Waals surface area contributed by atoms with Crippen molar-refractivity contribution in [2.45, 2.75) is 37.9 Å². The summed E-state index contributed by atoms with van der Waals surface area (Å²) >= 11 is 0. The molecule has 1 aliphatic heterocycles. The fourth-order valence-electron chi connectivity index (χ4n) is 3.20. The molecular formula is C14H17N5O3. The van der Waals surface area contributed by atoms with Crippen LogP contribution in [0.4, 0.5) is 5.82 Å².